The summed E-state index contributed by atoms with van der Waals surface area (Å²) >= 11 is 3.50. The normalized spacial score (nSPS) is 10.8. The van der Waals surface area contributed by atoms with E-state index in [1.54, 1.807) is 12.3 Å². The van der Waals surface area contributed by atoms with E-state index < -0.39 is 5.97 Å². The quantitative estimate of drug-likeness (QED) is 0.337. The average molecular weight is 455 g/mol. The minimum absolute atomic E-state index is 0.217. The molecule has 0 saturated heterocycles. The Morgan fingerprint density at radius 1 is 1.00 bits per heavy atom. The Labute approximate surface area is 174 Å². The zero-order chi connectivity index (χ0) is 20.2. The van der Waals surface area contributed by atoms with Crippen LogP contribution in [0.4, 0.5) is 4.53 Å². The lowest BCUT2D eigenvalue weighted by molar-refractivity contribution is -0.182. The first-order valence-electron chi connectivity index (χ1n) is 8.92. The lowest BCUT2D eigenvalue weighted by Gasteiger charge is -2.13. The van der Waals surface area contributed by atoms with Gasteiger partial charge in [0.25, 0.3) is 0 Å². The van der Waals surface area contributed by atoms with E-state index in [9.17, 15) is 9.32 Å². The van der Waals surface area contributed by atoms with Crippen LogP contribution in [0.25, 0.3) is 22.1 Å². The number of carbonyl (C=O) groups is 1. The summed E-state index contributed by atoms with van der Waals surface area (Å²) in [5, 5.41) is 0.956. The van der Waals surface area contributed by atoms with Gasteiger partial charge in [-0.2, -0.15) is 0 Å². The van der Waals surface area contributed by atoms with E-state index in [4.69, 9.17) is 9.15 Å². The van der Waals surface area contributed by atoms with Gasteiger partial charge < -0.3 is 9.15 Å². The van der Waals surface area contributed by atoms with Crippen LogP contribution in [0, 0.1) is 0 Å². The molecule has 0 aliphatic heterocycles. The fourth-order valence-corrected chi connectivity index (χ4v) is 3.79. The van der Waals surface area contributed by atoms with Crippen LogP contribution in [0.2, 0.25) is 0 Å². The topological polar surface area (TPSA) is 48.7 Å². The van der Waals surface area contributed by atoms with E-state index in [0.717, 1.165) is 32.1 Å². The van der Waals surface area contributed by atoms with Crippen LogP contribution in [0.3, 0.4) is 0 Å². The Bertz CT molecular complexity index is 1150. The van der Waals surface area contributed by atoms with Gasteiger partial charge in [-0.05, 0) is 56.9 Å². The highest BCUT2D eigenvalue weighted by molar-refractivity contribution is 9.10. The highest BCUT2D eigenvalue weighted by Crippen LogP contribution is 2.30. The number of hydrogen-bond donors (Lipinski definition) is 0. The predicted octanol–water partition coefficient (Wildman–Crippen LogP) is 6.41. The molecule has 0 saturated carbocycles. The van der Waals surface area contributed by atoms with Crippen molar-refractivity contribution in [2.45, 2.75) is 13.0 Å². The van der Waals surface area contributed by atoms with Crippen LogP contribution in [-0.4, -0.2) is 5.97 Å². The summed E-state index contributed by atoms with van der Waals surface area (Å²) in [5.41, 5.74) is 4.20. The molecule has 0 N–H and O–H groups in total. The number of furan rings is 1. The number of benzene rings is 3. The molecule has 1 aromatic heterocycles. The fraction of sp³-hybridized carbons (Fsp3) is 0.0870. The van der Waals surface area contributed by atoms with Crippen LogP contribution < -0.4 is 4.74 Å². The monoisotopic (exact) mass is 454 g/mol. The predicted molar refractivity (Wildman–Crippen MR) is 111 cm³/mol. The summed E-state index contributed by atoms with van der Waals surface area (Å²) in [6.45, 7) is 0.273. The van der Waals surface area contributed by atoms with E-state index in [-0.39, 0.29) is 13.0 Å². The van der Waals surface area contributed by atoms with Gasteiger partial charge in [-0.3, -0.25) is 4.94 Å². The lowest BCUT2D eigenvalue weighted by atomic mass is 10.0. The molecule has 0 aliphatic rings. The van der Waals surface area contributed by atoms with Gasteiger partial charge in [0.2, 0.25) is 0 Å². The summed E-state index contributed by atoms with van der Waals surface area (Å²) in [4.78, 5) is 14.8. The molecule has 146 valence electrons. The van der Waals surface area contributed by atoms with Gasteiger partial charge in [-0.15, -0.1) is 0 Å². The first-order valence-corrected chi connectivity index (χ1v) is 9.71. The molecule has 4 rings (SSSR count). The van der Waals surface area contributed by atoms with Crippen molar-refractivity contribution in [1.29, 1.82) is 0 Å². The number of halogens is 2. The van der Waals surface area contributed by atoms with E-state index in [1.807, 2.05) is 60.7 Å². The summed E-state index contributed by atoms with van der Waals surface area (Å²) in [5.74, 6) is -0.468. The van der Waals surface area contributed by atoms with E-state index in [1.165, 1.54) is 0 Å². The van der Waals surface area contributed by atoms with Gasteiger partial charge in [0.05, 0.1) is 17.2 Å². The number of rotatable bonds is 6. The Morgan fingerprint density at radius 2 is 1.83 bits per heavy atom. The third-order valence-corrected chi connectivity index (χ3v) is 5.14. The maximum Gasteiger partial charge on any atom is 0.353 e. The van der Waals surface area contributed by atoms with Gasteiger partial charge in [0.1, 0.15) is 17.9 Å². The second-order valence-electron chi connectivity index (χ2n) is 6.52. The Kier molecular flexibility index (Phi) is 5.62. The summed E-state index contributed by atoms with van der Waals surface area (Å²) in [6, 6.07) is 21.0. The van der Waals surface area contributed by atoms with Gasteiger partial charge in [-0.1, -0.05) is 42.5 Å². The number of carbonyl (C=O) groups excluding carboxylic acids is 1. The second kappa shape index (κ2) is 8.49. The second-order valence-corrected chi connectivity index (χ2v) is 7.37. The van der Waals surface area contributed by atoms with Crippen molar-refractivity contribution in [2.75, 3.05) is 0 Å². The van der Waals surface area contributed by atoms with Crippen molar-refractivity contribution < 1.29 is 23.4 Å². The minimum atomic E-state index is -0.968. The highest BCUT2D eigenvalue weighted by atomic mass is 79.9. The van der Waals surface area contributed by atoms with Crippen molar-refractivity contribution >= 4 is 32.9 Å². The zero-order valence-corrected chi connectivity index (χ0v) is 16.8. The molecule has 29 heavy (non-hydrogen) atoms. The van der Waals surface area contributed by atoms with Crippen molar-refractivity contribution in [1.82, 2.24) is 0 Å². The van der Waals surface area contributed by atoms with E-state index in [0.29, 0.717) is 11.3 Å². The molecule has 1 heterocycles. The van der Waals surface area contributed by atoms with Crippen LogP contribution in [0.1, 0.15) is 11.1 Å². The third kappa shape index (κ3) is 4.32. The molecule has 0 radical (unpaired) electrons. The number of ether oxygens (including phenoxy) is 1. The fourth-order valence-electron chi connectivity index (χ4n) is 3.17. The summed E-state index contributed by atoms with van der Waals surface area (Å²) in [6.07, 6.45) is 1.41. The molecule has 0 bridgehead atoms. The SMILES string of the molecule is O=C(Cc1ccc(-c2ccccc2)cc1OCc1cc(Br)c2occc2c1)OF. The number of hydrogen-bond acceptors (Lipinski definition) is 4. The molecular weight excluding hydrogens is 439 g/mol. The Balaban J connectivity index is 1.64. The van der Waals surface area contributed by atoms with Crippen molar-refractivity contribution in [3.05, 3.63) is 88.6 Å². The van der Waals surface area contributed by atoms with E-state index in [2.05, 4.69) is 20.9 Å². The minimum Gasteiger partial charge on any atom is -0.489 e. The molecule has 4 aromatic rings. The van der Waals surface area contributed by atoms with Crippen LogP contribution >= 0.6 is 15.9 Å². The largest absolute Gasteiger partial charge is 0.489 e. The standard InChI is InChI=1S/C23H16BrFO4/c24-20-11-15(10-19-8-9-27-23(19)20)14-28-21-12-17(16-4-2-1-3-5-16)6-7-18(21)13-22(26)29-25/h1-12H,13-14H2. The average Bonchev–Trinajstić information content (AvgIpc) is 3.23. The van der Waals surface area contributed by atoms with Gasteiger partial charge in [0.15, 0.2) is 0 Å². The maximum absolute atomic E-state index is 12.3. The molecule has 0 aliphatic carbocycles. The lowest BCUT2D eigenvalue weighted by Crippen LogP contribution is -2.06. The highest BCUT2D eigenvalue weighted by Gasteiger charge is 2.14. The molecular formula is C23H16BrFO4. The van der Waals surface area contributed by atoms with Crippen LogP contribution in [-0.2, 0) is 22.8 Å². The molecule has 4 nitrogen and oxygen atoms in total. The zero-order valence-electron chi connectivity index (χ0n) is 15.2. The maximum atomic E-state index is 12.3. The van der Waals surface area contributed by atoms with Gasteiger partial charge in [-0.25, -0.2) is 4.79 Å². The van der Waals surface area contributed by atoms with E-state index >= 15 is 0 Å². The molecule has 0 unspecified atom stereocenters. The molecule has 3 aromatic carbocycles. The molecule has 0 amide bonds. The summed E-state index contributed by atoms with van der Waals surface area (Å²) < 4.78 is 24.5. The molecule has 0 fully saturated rings. The van der Waals surface area contributed by atoms with Crippen molar-refractivity contribution in [2.24, 2.45) is 0 Å². The summed E-state index contributed by atoms with van der Waals surface area (Å²) in [7, 11) is 0. The Hall–Kier alpha value is -3.12. The van der Waals surface area contributed by atoms with Gasteiger partial charge in [0, 0.05) is 15.5 Å². The van der Waals surface area contributed by atoms with Gasteiger partial charge >= 0.3 is 5.97 Å². The molecule has 0 spiro atoms. The third-order valence-electron chi connectivity index (χ3n) is 4.56. The van der Waals surface area contributed by atoms with Crippen molar-refractivity contribution in [3.63, 3.8) is 0 Å². The molecule has 6 heteroatoms. The molecule has 0 atom stereocenters. The Morgan fingerprint density at radius 3 is 2.62 bits per heavy atom. The smallest absolute Gasteiger partial charge is 0.353 e. The van der Waals surface area contributed by atoms with Crippen LogP contribution in [0.5, 0.6) is 5.75 Å². The van der Waals surface area contributed by atoms with Crippen molar-refractivity contribution in [3.8, 4) is 16.9 Å². The van der Waals surface area contributed by atoms with Crippen LogP contribution in [0.15, 0.2) is 81.9 Å². The first kappa shape index (κ1) is 19.2. The first-order chi connectivity index (χ1) is 14.1. The number of fused-ring (bicyclic) bond motifs is 1.